The normalized spacial score (nSPS) is 11.4. The maximum atomic E-state index is 14.0. The monoisotopic (exact) mass is 566 g/mol. The number of aliphatic hydroxyl groups is 2. The van der Waals surface area contributed by atoms with Gasteiger partial charge in [-0.3, -0.25) is 0 Å². The summed E-state index contributed by atoms with van der Waals surface area (Å²) in [6, 6.07) is 12.5. The van der Waals surface area contributed by atoms with Crippen LogP contribution in [0.2, 0.25) is 0 Å². The SMILES string of the molecule is [C-]#[N+]c1c(N)nc(SCc2csc(Nc3cccc(F)c3F)n2)c(C#N)c1-c1ccc(OC[C@@H](O)CO)cc1. The topological polar surface area (TPSA) is 142 Å². The summed E-state index contributed by atoms with van der Waals surface area (Å²) >= 11 is 2.40. The fourth-order valence-corrected chi connectivity index (χ4v) is 5.14. The summed E-state index contributed by atoms with van der Waals surface area (Å²) in [4.78, 5) is 12.2. The van der Waals surface area contributed by atoms with Crippen molar-refractivity contribution in [3.05, 3.63) is 82.2 Å². The van der Waals surface area contributed by atoms with Crippen molar-refractivity contribution in [1.29, 1.82) is 5.26 Å². The summed E-state index contributed by atoms with van der Waals surface area (Å²) in [6.07, 6.45) is -1.02. The number of aliphatic hydroxyl groups excluding tert-OH is 2. The van der Waals surface area contributed by atoms with Crippen molar-refractivity contribution in [3.63, 3.8) is 0 Å². The van der Waals surface area contributed by atoms with Gasteiger partial charge in [0, 0.05) is 16.7 Å². The van der Waals surface area contributed by atoms with Gasteiger partial charge in [-0.2, -0.15) is 5.26 Å². The number of nitrogens with zero attached hydrogens (tertiary/aromatic N) is 4. The van der Waals surface area contributed by atoms with Crippen LogP contribution in [0.1, 0.15) is 11.3 Å². The molecule has 0 unspecified atom stereocenters. The van der Waals surface area contributed by atoms with E-state index in [1.807, 2.05) is 0 Å². The molecule has 1 atom stereocenters. The molecule has 2 heterocycles. The average Bonchev–Trinajstić information content (AvgIpc) is 3.40. The van der Waals surface area contributed by atoms with Crippen molar-refractivity contribution in [2.45, 2.75) is 16.9 Å². The van der Waals surface area contributed by atoms with Gasteiger partial charge in [0.1, 0.15) is 35.4 Å². The van der Waals surface area contributed by atoms with Gasteiger partial charge in [-0.05, 0) is 29.8 Å². The van der Waals surface area contributed by atoms with Gasteiger partial charge in [-0.15, -0.1) is 11.3 Å². The van der Waals surface area contributed by atoms with Crippen LogP contribution in [0.5, 0.6) is 5.75 Å². The molecule has 0 bridgehead atoms. The number of nitrogen functional groups attached to an aromatic ring is 1. The number of halogens is 2. The van der Waals surface area contributed by atoms with Gasteiger partial charge < -0.3 is 26.0 Å². The van der Waals surface area contributed by atoms with Crippen molar-refractivity contribution in [3.8, 4) is 22.9 Å². The van der Waals surface area contributed by atoms with Gasteiger partial charge in [-0.1, -0.05) is 30.0 Å². The fraction of sp³-hybridized carbons (Fsp3) is 0.154. The Kier molecular flexibility index (Phi) is 8.91. The zero-order valence-corrected chi connectivity index (χ0v) is 21.7. The van der Waals surface area contributed by atoms with Crippen LogP contribution in [0.15, 0.2) is 52.9 Å². The number of benzene rings is 2. The van der Waals surface area contributed by atoms with E-state index in [1.54, 1.807) is 29.6 Å². The molecule has 0 aliphatic heterocycles. The smallest absolute Gasteiger partial charge is 0.236 e. The number of nitrogens with one attached hydrogen (secondary N) is 1. The number of thiazole rings is 1. The molecule has 4 aromatic rings. The molecule has 0 fully saturated rings. The average molecular weight is 567 g/mol. The maximum Gasteiger partial charge on any atom is 0.236 e. The van der Waals surface area contributed by atoms with Crippen molar-refractivity contribution in [2.75, 3.05) is 24.3 Å². The predicted molar refractivity (Wildman–Crippen MR) is 145 cm³/mol. The minimum Gasteiger partial charge on any atom is -0.491 e. The lowest BCUT2D eigenvalue weighted by molar-refractivity contribution is 0.0536. The lowest BCUT2D eigenvalue weighted by Crippen LogP contribution is -2.21. The molecule has 39 heavy (non-hydrogen) atoms. The quantitative estimate of drug-likeness (QED) is 0.149. The molecule has 4 rings (SSSR count). The van der Waals surface area contributed by atoms with E-state index in [9.17, 15) is 19.1 Å². The Balaban J connectivity index is 1.56. The Hall–Kier alpha value is -4.27. The molecule has 0 radical (unpaired) electrons. The zero-order valence-electron chi connectivity index (χ0n) is 20.1. The van der Waals surface area contributed by atoms with Crippen molar-refractivity contribution >= 4 is 45.4 Å². The van der Waals surface area contributed by atoms with Gasteiger partial charge in [0.25, 0.3) is 0 Å². The van der Waals surface area contributed by atoms with E-state index < -0.39 is 24.3 Å². The first kappa shape index (κ1) is 27.8. The first-order chi connectivity index (χ1) is 18.8. The molecule has 9 nitrogen and oxygen atoms in total. The predicted octanol–water partition coefficient (Wildman–Crippen LogP) is 5.26. The van der Waals surface area contributed by atoms with Crippen molar-refractivity contribution in [1.82, 2.24) is 9.97 Å². The number of ether oxygens (including phenoxy) is 1. The Morgan fingerprint density at radius 3 is 2.69 bits per heavy atom. The Morgan fingerprint density at radius 1 is 1.23 bits per heavy atom. The first-order valence-corrected chi connectivity index (χ1v) is 13.1. The standard InChI is InChI=1S/C26H20F2N6O3S2/c1-31-23-21(14-5-7-17(8-6-14)37-11-16(36)10-35)18(9-29)25(34-24(23)30)38-12-15-13-39-26(32-15)33-20-4-2-3-19(27)22(20)28/h2-8,13,16,35-36H,10-12H2,(H2,30,34)(H,32,33)/t16-/m0/s1. The van der Waals surface area contributed by atoms with E-state index in [4.69, 9.17) is 22.1 Å². The highest BCUT2D eigenvalue weighted by atomic mass is 32.2. The molecule has 13 heteroatoms. The molecule has 0 saturated heterocycles. The summed E-state index contributed by atoms with van der Waals surface area (Å²) in [5.74, 6) is -1.29. The summed E-state index contributed by atoms with van der Waals surface area (Å²) in [7, 11) is 0. The van der Waals surface area contributed by atoms with Gasteiger partial charge in [0.2, 0.25) is 5.69 Å². The Bertz CT molecular complexity index is 1570. The summed E-state index contributed by atoms with van der Waals surface area (Å²) in [6.45, 7) is 7.07. The second-order valence-electron chi connectivity index (χ2n) is 7.96. The third-order valence-corrected chi connectivity index (χ3v) is 7.10. The molecular formula is C26H20F2N6O3S2. The van der Waals surface area contributed by atoms with E-state index >= 15 is 0 Å². The second-order valence-corrected chi connectivity index (χ2v) is 9.78. The maximum absolute atomic E-state index is 14.0. The molecule has 0 aliphatic carbocycles. The molecular weight excluding hydrogens is 546 g/mol. The van der Waals surface area contributed by atoms with E-state index in [1.165, 1.54) is 35.2 Å². The van der Waals surface area contributed by atoms with Crippen LogP contribution < -0.4 is 15.8 Å². The number of rotatable bonds is 10. The minimum atomic E-state index is -1.02. The van der Waals surface area contributed by atoms with Crippen LogP contribution in [-0.4, -0.2) is 39.5 Å². The van der Waals surface area contributed by atoms with Gasteiger partial charge in [-0.25, -0.2) is 23.6 Å². The van der Waals surface area contributed by atoms with Crippen LogP contribution >= 0.6 is 23.1 Å². The van der Waals surface area contributed by atoms with Gasteiger partial charge >= 0.3 is 0 Å². The summed E-state index contributed by atoms with van der Waals surface area (Å²) in [5.41, 5.74) is 7.74. The largest absolute Gasteiger partial charge is 0.491 e. The first-order valence-electron chi connectivity index (χ1n) is 11.3. The summed E-state index contributed by atoms with van der Waals surface area (Å²) in [5, 5.41) is 33.6. The third-order valence-electron chi connectivity index (χ3n) is 5.29. The van der Waals surface area contributed by atoms with Crippen molar-refractivity contribution < 1.29 is 23.7 Å². The van der Waals surface area contributed by atoms with E-state index in [0.717, 1.165) is 6.07 Å². The minimum absolute atomic E-state index is 0.0323. The number of hydrogen-bond acceptors (Lipinski definition) is 10. The highest BCUT2D eigenvalue weighted by Gasteiger charge is 2.21. The van der Waals surface area contributed by atoms with Crippen LogP contribution in [0.3, 0.4) is 0 Å². The molecule has 0 aliphatic rings. The van der Waals surface area contributed by atoms with E-state index in [2.05, 4.69) is 26.2 Å². The van der Waals surface area contributed by atoms with Crippen LogP contribution in [-0.2, 0) is 5.75 Å². The van der Waals surface area contributed by atoms with Crippen LogP contribution in [0, 0.1) is 29.5 Å². The molecule has 2 aromatic heterocycles. The van der Waals surface area contributed by atoms with Crippen LogP contribution in [0.4, 0.5) is 31.1 Å². The molecule has 198 valence electrons. The molecule has 2 aromatic carbocycles. The number of anilines is 3. The molecule has 0 spiro atoms. The number of nitrogens with two attached hydrogens (primary N) is 1. The van der Waals surface area contributed by atoms with E-state index in [-0.39, 0.29) is 29.4 Å². The van der Waals surface area contributed by atoms with E-state index in [0.29, 0.717) is 38.5 Å². The van der Waals surface area contributed by atoms with Crippen molar-refractivity contribution in [2.24, 2.45) is 0 Å². The third kappa shape index (κ3) is 6.42. The zero-order chi connectivity index (χ0) is 27.9. The highest BCUT2D eigenvalue weighted by Crippen LogP contribution is 2.42. The number of nitriles is 1. The number of hydrogen-bond donors (Lipinski definition) is 4. The molecule has 0 amide bonds. The van der Waals surface area contributed by atoms with Crippen LogP contribution in [0.25, 0.3) is 16.0 Å². The molecule has 0 saturated carbocycles. The number of pyridine rings is 1. The lowest BCUT2D eigenvalue weighted by Gasteiger charge is -2.14. The Morgan fingerprint density at radius 2 is 2.00 bits per heavy atom. The number of thioether (sulfide) groups is 1. The molecule has 5 N–H and O–H groups in total. The van der Waals surface area contributed by atoms with Gasteiger partial charge in [0.05, 0.1) is 30.1 Å². The summed E-state index contributed by atoms with van der Waals surface area (Å²) < 4.78 is 32.9. The Labute approximate surface area is 230 Å². The lowest BCUT2D eigenvalue weighted by atomic mass is 10.00. The van der Waals surface area contributed by atoms with Gasteiger partial charge in [0.15, 0.2) is 16.8 Å². The fourth-order valence-electron chi connectivity index (χ4n) is 3.43. The number of aromatic nitrogens is 2. The highest BCUT2D eigenvalue weighted by molar-refractivity contribution is 7.98. The second kappa shape index (κ2) is 12.5.